The lowest BCUT2D eigenvalue weighted by molar-refractivity contribution is -0.129. The van der Waals surface area contributed by atoms with E-state index >= 15 is 0 Å². The fourth-order valence-corrected chi connectivity index (χ4v) is 5.32. The number of hydrogen-bond donors (Lipinski definition) is 0. The smallest absolute Gasteiger partial charge is 0.415 e. The zero-order chi connectivity index (χ0) is 28.9. The summed E-state index contributed by atoms with van der Waals surface area (Å²) in [6, 6.07) is 22.6. The number of aryl methyl sites for hydroxylation is 2. The van der Waals surface area contributed by atoms with Crippen molar-refractivity contribution >= 4 is 29.4 Å². The first-order valence-corrected chi connectivity index (χ1v) is 14.8. The third-order valence-electron chi connectivity index (χ3n) is 7.61. The number of Topliss-reactive ketones (excluding diaryl/α,β-unsaturated/α-hetero) is 2. The monoisotopic (exact) mass is 559 g/mol. The molecule has 0 bridgehead atoms. The number of thioether (sulfide) groups is 1. The van der Waals surface area contributed by atoms with Gasteiger partial charge in [-0.25, -0.2) is 4.79 Å². The Morgan fingerprint density at radius 2 is 1.68 bits per heavy atom. The average molecular weight is 560 g/mol. The highest BCUT2D eigenvalue weighted by Gasteiger charge is 2.40. The predicted octanol–water partition coefficient (Wildman–Crippen LogP) is 7.03. The summed E-state index contributed by atoms with van der Waals surface area (Å²) in [5, 5.41) is 0. The van der Waals surface area contributed by atoms with Crippen LogP contribution in [-0.2, 0) is 11.2 Å². The molecule has 40 heavy (non-hydrogen) atoms. The van der Waals surface area contributed by atoms with Gasteiger partial charge in [0.05, 0.1) is 0 Å². The van der Waals surface area contributed by atoms with E-state index in [1.54, 1.807) is 42.6 Å². The number of ketones is 2. The van der Waals surface area contributed by atoms with Gasteiger partial charge in [0.1, 0.15) is 11.5 Å². The van der Waals surface area contributed by atoms with Gasteiger partial charge >= 0.3 is 6.09 Å². The number of amides is 1. The molecule has 2 atom stereocenters. The van der Waals surface area contributed by atoms with Crippen molar-refractivity contribution in [3.63, 3.8) is 0 Å². The molecule has 2 unspecified atom stereocenters. The summed E-state index contributed by atoms with van der Waals surface area (Å²) in [6.45, 7) is 7.81. The molecule has 1 aliphatic rings. The number of likely N-dealkylation sites (tertiary alicyclic amines) is 1. The van der Waals surface area contributed by atoms with E-state index < -0.39 is 11.7 Å². The molecule has 0 aromatic heterocycles. The van der Waals surface area contributed by atoms with Gasteiger partial charge in [0, 0.05) is 29.5 Å². The Hall–Kier alpha value is -3.58. The molecule has 3 aromatic rings. The molecule has 7 heteroatoms. The summed E-state index contributed by atoms with van der Waals surface area (Å²) in [5.41, 5.74) is 1.84. The standard InChI is InChI=1S/C33H37NO5S/c1-22-19-24(12-18-30(22)39-33(3,4)23(2)35)11-13-26-20-34(32(37)38-27-9-7-6-8-10-27)21-29(26)31(36)25-14-16-28(40-5)17-15-25/h6-10,12,14-19,26,29H,11,13,20-21H2,1-5H3. The van der Waals surface area contributed by atoms with Gasteiger partial charge in [0.2, 0.25) is 0 Å². The van der Waals surface area contributed by atoms with E-state index in [4.69, 9.17) is 9.47 Å². The maximum absolute atomic E-state index is 13.7. The number of nitrogens with zero attached hydrogens (tertiary/aromatic N) is 1. The van der Waals surface area contributed by atoms with E-state index in [9.17, 15) is 14.4 Å². The second-order valence-electron chi connectivity index (χ2n) is 10.9. The van der Waals surface area contributed by atoms with E-state index in [-0.39, 0.29) is 23.4 Å². The lowest BCUT2D eigenvalue weighted by atomic mass is 9.84. The molecule has 0 aliphatic carbocycles. The third kappa shape index (κ3) is 7.13. The van der Waals surface area contributed by atoms with Crippen molar-refractivity contribution in [1.82, 2.24) is 4.90 Å². The van der Waals surface area contributed by atoms with Gasteiger partial charge in [-0.15, -0.1) is 11.8 Å². The first-order valence-electron chi connectivity index (χ1n) is 13.6. The molecule has 6 nitrogen and oxygen atoms in total. The predicted molar refractivity (Wildman–Crippen MR) is 158 cm³/mol. The van der Waals surface area contributed by atoms with Gasteiger partial charge in [-0.05, 0) is 94.2 Å². The molecule has 0 saturated carbocycles. The van der Waals surface area contributed by atoms with Crippen LogP contribution in [0.1, 0.15) is 48.7 Å². The van der Waals surface area contributed by atoms with Crippen LogP contribution in [0.4, 0.5) is 4.79 Å². The number of hydrogen-bond acceptors (Lipinski definition) is 6. The first kappa shape index (κ1) is 29.4. The second kappa shape index (κ2) is 12.7. The molecule has 0 radical (unpaired) electrons. The fraction of sp³-hybridized carbons (Fsp3) is 0.364. The summed E-state index contributed by atoms with van der Waals surface area (Å²) >= 11 is 1.63. The number of benzene rings is 3. The van der Waals surface area contributed by atoms with Gasteiger partial charge in [-0.3, -0.25) is 9.59 Å². The van der Waals surface area contributed by atoms with Crippen LogP contribution in [0.5, 0.6) is 11.5 Å². The minimum atomic E-state index is -0.893. The molecule has 3 aromatic carbocycles. The van der Waals surface area contributed by atoms with Gasteiger partial charge in [0.15, 0.2) is 17.2 Å². The molecular weight excluding hydrogens is 522 g/mol. The van der Waals surface area contributed by atoms with E-state index in [0.717, 1.165) is 28.9 Å². The molecular formula is C33H37NO5S. The Kier molecular flexibility index (Phi) is 9.36. The quantitative estimate of drug-likeness (QED) is 0.196. The van der Waals surface area contributed by atoms with Crippen LogP contribution < -0.4 is 9.47 Å². The summed E-state index contributed by atoms with van der Waals surface area (Å²) in [6.07, 6.45) is 3.06. The number of carbonyl (C=O) groups excluding carboxylic acids is 3. The van der Waals surface area contributed by atoms with Crippen molar-refractivity contribution in [2.75, 3.05) is 19.3 Å². The maximum Gasteiger partial charge on any atom is 0.415 e. The summed E-state index contributed by atoms with van der Waals surface area (Å²) in [4.78, 5) is 41.3. The molecule has 1 heterocycles. The number of para-hydroxylation sites is 1. The highest BCUT2D eigenvalue weighted by atomic mass is 32.2. The van der Waals surface area contributed by atoms with E-state index in [2.05, 4.69) is 6.07 Å². The number of ether oxygens (including phenoxy) is 2. The summed E-state index contributed by atoms with van der Waals surface area (Å²) < 4.78 is 11.6. The molecule has 0 N–H and O–H groups in total. The van der Waals surface area contributed by atoms with Crippen molar-refractivity contribution < 1.29 is 23.9 Å². The van der Waals surface area contributed by atoms with Gasteiger partial charge in [-0.2, -0.15) is 0 Å². The topological polar surface area (TPSA) is 72.9 Å². The minimum Gasteiger partial charge on any atom is -0.480 e. The van der Waals surface area contributed by atoms with E-state index in [0.29, 0.717) is 30.2 Å². The van der Waals surface area contributed by atoms with Crippen LogP contribution in [0.2, 0.25) is 0 Å². The summed E-state index contributed by atoms with van der Waals surface area (Å²) in [5.74, 6) is 0.858. The van der Waals surface area contributed by atoms with Crippen molar-refractivity contribution in [1.29, 1.82) is 0 Å². The summed E-state index contributed by atoms with van der Waals surface area (Å²) in [7, 11) is 0. The van der Waals surface area contributed by atoms with Crippen molar-refractivity contribution in [2.24, 2.45) is 11.8 Å². The molecule has 1 fully saturated rings. The van der Waals surface area contributed by atoms with Crippen LogP contribution >= 0.6 is 11.8 Å². The molecule has 210 valence electrons. The van der Waals surface area contributed by atoms with E-state index in [1.165, 1.54) is 6.92 Å². The Balaban J connectivity index is 1.49. The molecule has 0 spiro atoms. The number of rotatable bonds is 10. The van der Waals surface area contributed by atoms with Crippen LogP contribution in [0.3, 0.4) is 0 Å². The minimum absolute atomic E-state index is 0.0103. The Morgan fingerprint density at radius 1 is 0.975 bits per heavy atom. The Morgan fingerprint density at radius 3 is 2.30 bits per heavy atom. The highest BCUT2D eigenvalue weighted by molar-refractivity contribution is 7.98. The zero-order valence-corrected chi connectivity index (χ0v) is 24.6. The lowest BCUT2D eigenvalue weighted by Gasteiger charge is -2.25. The normalized spacial score (nSPS) is 17.0. The average Bonchev–Trinajstić information content (AvgIpc) is 3.38. The highest BCUT2D eigenvalue weighted by Crippen LogP contribution is 2.33. The Labute approximate surface area is 241 Å². The van der Waals surface area contributed by atoms with Gasteiger partial charge < -0.3 is 14.4 Å². The van der Waals surface area contributed by atoms with Crippen molar-refractivity contribution in [3.05, 3.63) is 89.5 Å². The SMILES string of the molecule is CSc1ccc(C(=O)C2CN(C(=O)Oc3ccccc3)CC2CCc2ccc(OC(C)(C)C(C)=O)c(C)c2)cc1. The second-order valence-corrected chi connectivity index (χ2v) is 11.7. The van der Waals surface area contributed by atoms with Crippen LogP contribution in [-0.4, -0.2) is 47.5 Å². The third-order valence-corrected chi connectivity index (χ3v) is 8.36. The Bertz CT molecular complexity index is 1350. The van der Waals surface area contributed by atoms with Gasteiger partial charge in [0.25, 0.3) is 0 Å². The lowest BCUT2D eigenvalue weighted by Crippen LogP contribution is -2.36. The number of carbonyl (C=O) groups is 3. The van der Waals surface area contributed by atoms with Crippen molar-refractivity contribution in [2.45, 2.75) is 51.0 Å². The molecule has 4 rings (SSSR count). The largest absolute Gasteiger partial charge is 0.480 e. The fourth-order valence-electron chi connectivity index (χ4n) is 4.91. The molecule has 1 saturated heterocycles. The maximum atomic E-state index is 13.7. The molecule has 1 aliphatic heterocycles. The van der Waals surface area contributed by atoms with E-state index in [1.807, 2.05) is 67.8 Å². The van der Waals surface area contributed by atoms with Crippen molar-refractivity contribution in [3.8, 4) is 11.5 Å². The van der Waals surface area contributed by atoms with Crippen LogP contribution in [0.25, 0.3) is 0 Å². The van der Waals surface area contributed by atoms with Crippen LogP contribution in [0.15, 0.2) is 77.7 Å². The zero-order valence-electron chi connectivity index (χ0n) is 23.8. The van der Waals surface area contributed by atoms with Gasteiger partial charge in [-0.1, -0.05) is 42.5 Å². The first-order chi connectivity index (χ1) is 19.1. The van der Waals surface area contributed by atoms with Crippen LogP contribution in [0, 0.1) is 18.8 Å². The molecule has 1 amide bonds.